The molecule has 2 rings (SSSR count). The van der Waals surface area contributed by atoms with Crippen molar-refractivity contribution in [2.45, 2.75) is 25.1 Å². The molecule has 1 atom stereocenters. The van der Waals surface area contributed by atoms with Crippen LogP contribution in [0.15, 0.2) is 34.7 Å². The Morgan fingerprint density at radius 2 is 2.00 bits per heavy atom. The van der Waals surface area contributed by atoms with Crippen LogP contribution in [0.5, 0.6) is 0 Å². The molecule has 1 unspecified atom stereocenters. The molecule has 2 aromatic rings. The summed E-state index contributed by atoms with van der Waals surface area (Å²) in [4.78, 5) is 0. The number of aliphatic hydroxyl groups is 1. The van der Waals surface area contributed by atoms with Gasteiger partial charge in [0.2, 0.25) is 0 Å². The number of furan rings is 1. The zero-order chi connectivity index (χ0) is 14.6. The van der Waals surface area contributed by atoms with Crippen LogP contribution in [0.1, 0.15) is 24.7 Å². The van der Waals surface area contributed by atoms with Crippen molar-refractivity contribution < 1.29 is 27.4 Å². The molecule has 0 saturated carbocycles. The highest BCUT2D eigenvalue weighted by Gasteiger charge is 2.26. The fraction of sp³-hybridized carbons (Fsp3) is 0.429. The standard InChI is InChI=1S/C14H15F3O3/c15-14(16,17)6-3-7-19-9-11(18)13-8-10-4-1-2-5-12(10)20-13/h1-2,4-5,8,11,18H,3,6-7,9H2. The molecule has 0 spiro atoms. The van der Waals surface area contributed by atoms with Gasteiger partial charge in [0, 0.05) is 18.4 Å². The molecule has 0 fully saturated rings. The Balaban J connectivity index is 1.78. The SMILES string of the molecule is OC(COCCCC(F)(F)F)c1cc2ccccc2o1. The van der Waals surface area contributed by atoms with Gasteiger partial charge in [0.05, 0.1) is 6.61 Å². The van der Waals surface area contributed by atoms with Gasteiger partial charge in [-0.05, 0) is 18.6 Å². The summed E-state index contributed by atoms with van der Waals surface area (Å²) in [6.07, 6.45) is -6.14. The Bertz CT molecular complexity index is 515. The average Bonchev–Trinajstić information content (AvgIpc) is 2.80. The Kier molecular flexibility index (Phi) is 4.67. The topological polar surface area (TPSA) is 42.6 Å². The molecule has 0 radical (unpaired) electrons. The van der Waals surface area contributed by atoms with E-state index >= 15 is 0 Å². The van der Waals surface area contributed by atoms with E-state index in [2.05, 4.69) is 0 Å². The molecule has 0 aliphatic carbocycles. The Morgan fingerprint density at radius 3 is 2.70 bits per heavy atom. The summed E-state index contributed by atoms with van der Waals surface area (Å²) in [5.74, 6) is 0.349. The largest absolute Gasteiger partial charge is 0.458 e. The van der Waals surface area contributed by atoms with E-state index in [1.807, 2.05) is 18.2 Å². The van der Waals surface area contributed by atoms with E-state index in [0.717, 1.165) is 5.39 Å². The van der Waals surface area contributed by atoms with Gasteiger partial charge in [0.15, 0.2) is 0 Å². The molecule has 1 aromatic carbocycles. The summed E-state index contributed by atoms with van der Waals surface area (Å²) in [5, 5.41) is 10.7. The number of hydrogen-bond donors (Lipinski definition) is 1. The van der Waals surface area contributed by atoms with Crippen molar-refractivity contribution in [1.82, 2.24) is 0 Å². The minimum absolute atomic E-state index is 0.0448. The molecule has 0 aliphatic heterocycles. The summed E-state index contributed by atoms with van der Waals surface area (Å²) in [5.41, 5.74) is 0.652. The summed E-state index contributed by atoms with van der Waals surface area (Å²) in [7, 11) is 0. The first kappa shape index (κ1) is 14.9. The summed E-state index contributed by atoms with van der Waals surface area (Å²) in [6.45, 7) is -0.130. The third-order valence-electron chi connectivity index (χ3n) is 2.80. The van der Waals surface area contributed by atoms with E-state index in [0.29, 0.717) is 11.3 Å². The van der Waals surface area contributed by atoms with Gasteiger partial charge in [-0.2, -0.15) is 13.2 Å². The summed E-state index contributed by atoms with van der Waals surface area (Å²) >= 11 is 0. The first-order valence-electron chi connectivity index (χ1n) is 6.27. The maximum absolute atomic E-state index is 11.9. The van der Waals surface area contributed by atoms with Crippen LogP contribution >= 0.6 is 0 Å². The van der Waals surface area contributed by atoms with Gasteiger partial charge >= 0.3 is 6.18 Å². The minimum atomic E-state index is -4.17. The molecular formula is C14H15F3O3. The number of alkyl halides is 3. The maximum Gasteiger partial charge on any atom is 0.389 e. The molecule has 110 valence electrons. The predicted molar refractivity (Wildman–Crippen MR) is 67.3 cm³/mol. The quantitative estimate of drug-likeness (QED) is 0.821. The van der Waals surface area contributed by atoms with Crippen LogP contribution in [0.4, 0.5) is 13.2 Å². The van der Waals surface area contributed by atoms with Crippen LogP contribution in [0.3, 0.4) is 0 Å². The number of rotatable bonds is 6. The van der Waals surface area contributed by atoms with Gasteiger partial charge in [-0.1, -0.05) is 18.2 Å². The molecule has 20 heavy (non-hydrogen) atoms. The molecule has 1 heterocycles. The van der Waals surface area contributed by atoms with Crippen molar-refractivity contribution in [2.24, 2.45) is 0 Å². The minimum Gasteiger partial charge on any atom is -0.458 e. The van der Waals surface area contributed by atoms with E-state index < -0.39 is 18.7 Å². The second kappa shape index (κ2) is 6.28. The zero-order valence-corrected chi connectivity index (χ0v) is 10.7. The van der Waals surface area contributed by atoms with Crippen molar-refractivity contribution in [3.63, 3.8) is 0 Å². The van der Waals surface area contributed by atoms with Crippen LogP contribution in [0.25, 0.3) is 11.0 Å². The van der Waals surface area contributed by atoms with Crippen LogP contribution < -0.4 is 0 Å². The molecule has 1 N–H and O–H groups in total. The number of benzene rings is 1. The Morgan fingerprint density at radius 1 is 1.25 bits per heavy atom. The molecule has 0 bridgehead atoms. The van der Waals surface area contributed by atoms with Crippen molar-refractivity contribution in [1.29, 1.82) is 0 Å². The van der Waals surface area contributed by atoms with Crippen molar-refractivity contribution >= 4 is 11.0 Å². The van der Waals surface area contributed by atoms with E-state index in [1.54, 1.807) is 12.1 Å². The number of ether oxygens (including phenoxy) is 1. The normalized spacial score (nSPS) is 13.8. The molecule has 0 saturated heterocycles. The number of hydrogen-bond acceptors (Lipinski definition) is 3. The fourth-order valence-corrected chi connectivity index (χ4v) is 1.82. The molecule has 1 aromatic heterocycles. The highest BCUT2D eigenvalue weighted by molar-refractivity contribution is 5.77. The van der Waals surface area contributed by atoms with Crippen LogP contribution in [0.2, 0.25) is 0 Å². The van der Waals surface area contributed by atoms with E-state index in [4.69, 9.17) is 9.15 Å². The van der Waals surface area contributed by atoms with E-state index in [9.17, 15) is 18.3 Å². The molecular weight excluding hydrogens is 273 g/mol. The fourth-order valence-electron chi connectivity index (χ4n) is 1.82. The lowest BCUT2D eigenvalue weighted by Gasteiger charge is -2.09. The van der Waals surface area contributed by atoms with Crippen molar-refractivity contribution in [3.05, 3.63) is 36.1 Å². The van der Waals surface area contributed by atoms with Crippen LogP contribution in [-0.2, 0) is 4.74 Å². The van der Waals surface area contributed by atoms with Gasteiger partial charge in [-0.15, -0.1) is 0 Å². The summed E-state index contributed by atoms with van der Waals surface area (Å²) in [6, 6.07) is 8.98. The highest BCUT2D eigenvalue weighted by Crippen LogP contribution is 2.24. The third-order valence-corrected chi connectivity index (χ3v) is 2.80. The maximum atomic E-state index is 11.9. The van der Waals surface area contributed by atoms with Gasteiger partial charge in [0.25, 0.3) is 0 Å². The van der Waals surface area contributed by atoms with E-state index in [-0.39, 0.29) is 19.6 Å². The number of para-hydroxylation sites is 1. The molecule has 0 amide bonds. The number of aliphatic hydroxyl groups excluding tert-OH is 1. The first-order valence-corrected chi connectivity index (χ1v) is 6.27. The molecule has 6 heteroatoms. The van der Waals surface area contributed by atoms with Gasteiger partial charge in [0.1, 0.15) is 17.4 Å². The van der Waals surface area contributed by atoms with Gasteiger partial charge < -0.3 is 14.3 Å². The lowest BCUT2D eigenvalue weighted by atomic mass is 10.2. The zero-order valence-electron chi connectivity index (χ0n) is 10.7. The smallest absolute Gasteiger partial charge is 0.389 e. The average molecular weight is 288 g/mol. The lowest BCUT2D eigenvalue weighted by Crippen LogP contribution is -2.11. The Hall–Kier alpha value is -1.53. The van der Waals surface area contributed by atoms with Crippen LogP contribution in [0, 0.1) is 0 Å². The lowest BCUT2D eigenvalue weighted by molar-refractivity contribution is -0.138. The summed E-state index contributed by atoms with van der Waals surface area (Å²) < 4.78 is 46.2. The van der Waals surface area contributed by atoms with Gasteiger partial charge in [-0.3, -0.25) is 0 Å². The highest BCUT2D eigenvalue weighted by atomic mass is 19.4. The second-order valence-corrected chi connectivity index (χ2v) is 4.50. The predicted octanol–water partition coefficient (Wildman–Crippen LogP) is 3.83. The van der Waals surface area contributed by atoms with Gasteiger partial charge in [-0.25, -0.2) is 0 Å². The second-order valence-electron chi connectivity index (χ2n) is 4.50. The molecule has 3 nitrogen and oxygen atoms in total. The van der Waals surface area contributed by atoms with Crippen LogP contribution in [-0.4, -0.2) is 24.5 Å². The van der Waals surface area contributed by atoms with E-state index in [1.165, 1.54) is 0 Å². The van der Waals surface area contributed by atoms with Crippen molar-refractivity contribution in [2.75, 3.05) is 13.2 Å². The Labute approximate surface area is 114 Å². The monoisotopic (exact) mass is 288 g/mol. The molecule has 0 aliphatic rings. The first-order chi connectivity index (χ1) is 9.46. The number of fused-ring (bicyclic) bond motifs is 1. The third kappa shape index (κ3) is 4.25. The number of halogens is 3. The van der Waals surface area contributed by atoms with Crippen molar-refractivity contribution in [3.8, 4) is 0 Å².